The van der Waals surface area contributed by atoms with Gasteiger partial charge in [0, 0.05) is 12.2 Å². The van der Waals surface area contributed by atoms with Gasteiger partial charge in [0.1, 0.15) is 0 Å². The first-order valence-corrected chi connectivity index (χ1v) is 9.51. The van der Waals surface area contributed by atoms with Gasteiger partial charge in [-0.3, -0.25) is 15.6 Å². The minimum atomic E-state index is -0.212. The lowest BCUT2D eigenvalue weighted by Gasteiger charge is -2.09. The van der Waals surface area contributed by atoms with Gasteiger partial charge in [-0.05, 0) is 31.3 Å². The average Bonchev–Trinajstić information content (AvgIpc) is 3.05. The lowest BCUT2D eigenvalue weighted by Crippen LogP contribution is -2.47. The maximum Gasteiger partial charge on any atom is 0.248 e. The third-order valence-corrected chi connectivity index (χ3v) is 4.98. The number of benzene rings is 1. The molecule has 0 unspecified atom stereocenters. The number of aromatic nitrogens is 2. The van der Waals surface area contributed by atoms with Gasteiger partial charge in [-0.25, -0.2) is 0 Å². The number of carbonyl (C=O) groups excluding carboxylic acids is 1. The number of hydrazine groups is 1. The second kappa shape index (κ2) is 9.97. The Morgan fingerprint density at radius 2 is 2.08 bits per heavy atom. The van der Waals surface area contributed by atoms with E-state index >= 15 is 0 Å². The van der Waals surface area contributed by atoms with Gasteiger partial charge in [-0.2, -0.15) is 0 Å². The van der Waals surface area contributed by atoms with Crippen molar-refractivity contribution >= 4 is 57.2 Å². The molecule has 0 aliphatic carbocycles. The fourth-order valence-electron chi connectivity index (χ4n) is 1.58. The summed E-state index contributed by atoms with van der Waals surface area (Å²) in [5.74, 6) is -0.00744. The zero-order valence-electron chi connectivity index (χ0n) is 13.5. The Labute approximate surface area is 159 Å². The fourth-order valence-corrected chi connectivity index (χ4v) is 3.28. The third kappa shape index (κ3) is 7.08. The van der Waals surface area contributed by atoms with E-state index in [-0.39, 0.29) is 11.7 Å². The molecule has 10 heteroatoms. The lowest BCUT2D eigenvalue weighted by molar-refractivity contribution is -0.119. The zero-order chi connectivity index (χ0) is 18.1. The Kier molecular flexibility index (Phi) is 7.64. The molecule has 0 saturated carbocycles. The van der Waals surface area contributed by atoms with Crippen LogP contribution >= 0.6 is 35.3 Å². The van der Waals surface area contributed by atoms with Gasteiger partial charge in [0.05, 0.1) is 5.75 Å². The van der Waals surface area contributed by atoms with Crippen molar-refractivity contribution in [3.05, 3.63) is 42.5 Å². The molecule has 0 saturated heterocycles. The van der Waals surface area contributed by atoms with E-state index in [1.165, 1.54) is 28.7 Å². The maximum atomic E-state index is 11.8. The number of hydrogen-bond acceptors (Lipinski definition) is 7. The number of nitrogens with zero attached hydrogens (tertiary/aromatic N) is 2. The monoisotopic (exact) mass is 394 g/mol. The van der Waals surface area contributed by atoms with Crippen molar-refractivity contribution in [3.63, 3.8) is 0 Å². The predicted octanol–water partition coefficient (Wildman–Crippen LogP) is 2.36. The summed E-state index contributed by atoms with van der Waals surface area (Å²) in [6.45, 7) is 6.12. The van der Waals surface area contributed by atoms with Crippen molar-refractivity contribution in [1.29, 1.82) is 0 Å². The Morgan fingerprint density at radius 1 is 1.32 bits per heavy atom. The van der Waals surface area contributed by atoms with Crippen LogP contribution in [0.25, 0.3) is 0 Å². The summed E-state index contributed by atoms with van der Waals surface area (Å²) >= 11 is 7.66. The van der Waals surface area contributed by atoms with Crippen molar-refractivity contribution < 1.29 is 4.79 Å². The normalized spacial score (nSPS) is 9.96. The number of carbonyl (C=O) groups is 1. The van der Waals surface area contributed by atoms with Crippen LogP contribution in [0.2, 0.25) is 0 Å². The third-order valence-electron chi connectivity index (χ3n) is 2.76. The van der Waals surface area contributed by atoms with E-state index in [0.29, 0.717) is 21.1 Å². The van der Waals surface area contributed by atoms with E-state index in [1.807, 2.05) is 31.2 Å². The van der Waals surface area contributed by atoms with Gasteiger partial charge in [0.15, 0.2) is 9.45 Å². The molecule has 0 atom stereocenters. The second-order valence-electron chi connectivity index (χ2n) is 4.82. The summed E-state index contributed by atoms with van der Waals surface area (Å²) in [5, 5.41) is 15.2. The fraction of sp³-hybridized carbons (Fsp3) is 0.200. The molecule has 0 bridgehead atoms. The van der Waals surface area contributed by atoms with Gasteiger partial charge in [-0.15, -0.1) is 16.8 Å². The molecule has 1 aromatic carbocycles. The minimum Gasteiger partial charge on any atom is -0.358 e. The standard InChI is InChI=1S/C15H18N6OS3/c1-3-8-16-13(23)19-18-12(22)9-24-15-21-20-14(25-15)17-11-6-4-10(2)5-7-11/h3-7H,1,8-9H2,2H3,(H,17,20)(H,18,22)(H2,16,19,23). The highest BCUT2D eigenvalue weighted by Gasteiger charge is 2.08. The Bertz CT molecular complexity index is 731. The molecule has 25 heavy (non-hydrogen) atoms. The second-order valence-corrected chi connectivity index (χ2v) is 7.43. The molecule has 0 spiro atoms. The number of hydrogen-bond donors (Lipinski definition) is 4. The zero-order valence-corrected chi connectivity index (χ0v) is 16.0. The van der Waals surface area contributed by atoms with Crippen LogP contribution in [0.4, 0.5) is 10.8 Å². The highest BCUT2D eigenvalue weighted by molar-refractivity contribution is 8.01. The summed E-state index contributed by atoms with van der Waals surface area (Å²) in [6, 6.07) is 7.99. The summed E-state index contributed by atoms with van der Waals surface area (Å²) in [5.41, 5.74) is 7.25. The molecule has 1 heterocycles. The van der Waals surface area contributed by atoms with Gasteiger partial charge in [0.2, 0.25) is 11.0 Å². The number of thiocarbonyl (C=S) groups is 1. The number of anilines is 2. The number of nitrogens with one attached hydrogen (secondary N) is 4. The van der Waals surface area contributed by atoms with E-state index in [1.54, 1.807) is 6.08 Å². The molecule has 2 rings (SSSR count). The summed E-state index contributed by atoms with van der Waals surface area (Å²) in [6.07, 6.45) is 1.67. The minimum absolute atomic E-state index is 0.205. The van der Waals surface area contributed by atoms with Gasteiger partial charge < -0.3 is 10.6 Å². The van der Waals surface area contributed by atoms with E-state index in [9.17, 15) is 4.79 Å². The Balaban J connectivity index is 1.73. The van der Waals surface area contributed by atoms with Gasteiger partial charge in [-0.1, -0.05) is 46.9 Å². The van der Waals surface area contributed by atoms with E-state index < -0.39 is 0 Å². The summed E-state index contributed by atoms with van der Waals surface area (Å²) in [7, 11) is 0. The maximum absolute atomic E-state index is 11.8. The SMILES string of the molecule is C=CCNC(=S)NNC(=O)CSc1nnc(Nc2ccc(C)cc2)s1. The van der Waals surface area contributed by atoms with Gasteiger partial charge >= 0.3 is 0 Å². The molecule has 0 aliphatic rings. The summed E-state index contributed by atoms with van der Waals surface area (Å²) in [4.78, 5) is 11.8. The first-order valence-electron chi connectivity index (χ1n) is 7.30. The topological polar surface area (TPSA) is 91.0 Å². The molecule has 7 nitrogen and oxygen atoms in total. The van der Waals surface area contributed by atoms with Crippen LogP contribution < -0.4 is 21.5 Å². The van der Waals surface area contributed by atoms with Crippen molar-refractivity contribution in [2.75, 3.05) is 17.6 Å². The lowest BCUT2D eigenvalue weighted by atomic mass is 10.2. The molecule has 1 aromatic heterocycles. The average molecular weight is 395 g/mol. The van der Waals surface area contributed by atoms with Crippen LogP contribution in [-0.4, -0.2) is 33.5 Å². The molecule has 0 aliphatic heterocycles. The van der Waals surface area contributed by atoms with Crippen molar-refractivity contribution in [1.82, 2.24) is 26.4 Å². The van der Waals surface area contributed by atoms with Crippen LogP contribution in [0.3, 0.4) is 0 Å². The Morgan fingerprint density at radius 3 is 2.80 bits per heavy atom. The number of rotatable bonds is 7. The molecule has 1 amide bonds. The molecule has 4 N–H and O–H groups in total. The van der Waals surface area contributed by atoms with Crippen LogP contribution in [0, 0.1) is 6.92 Å². The highest BCUT2D eigenvalue weighted by atomic mass is 32.2. The quantitative estimate of drug-likeness (QED) is 0.246. The predicted molar refractivity (Wildman–Crippen MR) is 107 cm³/mol. The Hall–Kier alpha value is -2.17. The van der Waals surface area contributed by atoms with Crippen molar-refractivity contribution in [2.24, 2.45) is 0 Å². The number of aryl methyl sites for hydroxylation is 1. The smallest absolute Gasteiger partial charge is 0.248 e. The van der Waals surface area contributed by atoms with E-state index in [2.05, 4.69) is 38.3 Å². The van der Waals surface area contributed by atoms with Crippen LogP contribution in [0.1, 0.15) is 5.56 Å². The molecule has 0 fully saturated rings. The first-order chi connectivity index (χ1) is 12.1. The van der Waals surface area contributed by atoms with Crippen molar-refractivity contribution in [3.8, 4) is 0 Å². The molecule has 0 radical (unpaired) electrons. The number of amides is 1. The molecule has 2 aromatic rings. The number of thioether (sulfide) groups is 1. The largest absolute Gasteiger partial charge is 0.358 e. The highest BCUT2D eigenvalue weighted by Crippen LogP contribution is 2.27. The van der Waals surface area contributed by atoms with Crippen molar-refractivity contribution in [2.45, 2.75) is 11.3 Å². The first kappa shape index (κ1) is 19.2. The van der Waals surface area contributed by atoms with E-state index in [4.69, 9.17) is 12.2 Å². The van der Waals surface area contributed by atoms with Crippen LogP contribution in [-0.2, 0) is 4.79 Å². The molecule has 132 valence electrons. The molecular weight excluding hydrogens is 376 g/mol. The van der Waals surface area contributed by atoms with Crippen LogP contribution in [0.5, 0.6) is 0 Å². The summed E-state index contributed by atoms with van der Waals surface area (Å²) < 4.78 is 0.706. The molecular formula is C15H18N6OS3. The van der Waals surface area contributed by atoms with Crippen LogP contribution in [0.15, 0.2) is 41.3 Å². The van der Waals surface area contributed by atoms with Gasteiger partial charge in [0.25, 0.3) is 0 Å². The van der Waals surface area contributed by atoms with E-state index in [0.717, 1.165) is 5.69 Å².